The smallest absolute Gasteiger partial charge is 0.105 e. The van der Waals surface area contributed by atoms with E-state index in [2.05, 4.69) is 5.32 Å². The van der Waals surface area contributed by atoms with Crippen LogP contribution in [0.15, 0.2) is 22.8 Å². The van der Waals surface area contributed by atoms with Gasteiger partial charge in [0.15, 0.2) is 0 Å². The number of hydrogen-bond donors (Lipinski definition) is 2. The van der Waals surface area contributed by atoms with Gasteiger partial charge in [-0.2, -0.15) is 0 Å². The molecule has 4 atom stereocenters. The van der Waals surface area contributed by atoms with Gasteiger partial charge in [0.25, 0.3) is 0 Å². The van der Waals surface area contributed by atoms with Crippen molar-refractivity contribution < 1.29 is 4.42 Å². The topological polar surface area (TPSA) is 51.2 Å². The summed E-state index contributed by atoms with van der Waals surface area (Å²) in [6, 6.07) is 4.43. The van der Waals surface area contributed by atoms with Crippen LogP contribution in [0.3, 0.4) is 0 Å². The second-order valence-corrected chi connectivity index (χ2v) is 5.61. The molecule has 1 aromatic rings. The minimum Gasteiger partial charge on any atom is -0.469 e. The van der Waals surface area contributed by atoms with Gasteiger partial charge in [0.05, 0.1) is 6.26 Å². The Bertz CT molecular complexity index is 347. The van der Waals surface area contributed by atoms with Gasteiger partial charge in [-0.3, -0.25) is 0 Å². The largest absolute Gasteiger partial charge is 0.469 e. The molecule has 17 heavy (non-hydrogen) atoms. The normalized spacial score (nSPS) is 35.6. The van der Waals surface area contributed by atoms with Crippen molar-refractivity contribution in [3.8, 4) is 0 Å². The van der Waals surface area contributed by atoms with Crippen LogP contribution in [-0.4, -0.2) is 19.1 Å². The molecule has 0 amide bonds. The lowest BCUT2D eigenvalue weighted by Crippen LogP contribution is -2.41. The predicted octanol–water partition coefficient (Wildman–Crippen LogP) is 1.79. The van der Waals surface area contributed by atoms with E-state index < -0.39 is 0 Å². The lowest BCUT2D eigenvalue weighted by molar-refractivity contribution is 0.278. The van der Waals surface area contributed by atoms with Crippen molar-refractivity contribution in [2.75, 3.05) is 13.1 Å². The molecule has 3 heteroatoms. The first-order valence-electron chi connectivity index (χ1n) is 6.83. The van der Waals surface area contributed by atoms with Crippen LogP contribution in [0.25, 0.3) is 0 Å². The van der Waals surface area contributed by atoms with E-state index in [1.807, 2.05) is 12.1 Å². The lowest BCUT2D eigenvalue weighted by Gasteiger charge is -2.28. The average Bonchev–Trinajstić information content (AvgIpc) is 3.03. The molecule has 1 aromatic heterocycles. The molecule has 2 fully saturated rings. The van der Waals surface area contributed by atoms with Crippen molar-refractivity contribution in [1.82, 2.24) is 5.32 Å². The van der Waals surface area contributed by atoms with Crippen molar-refractivity contribution in [2.24, 2.45) is 23.5 Å². The number of nitrogens with two attached hydrogens (primary N) is 1. The van der Waals surface area contributed by atoms with Gasteiger partial charge in [-0.05, 0) is 55.7 Å². The van der Waals surface area contributed by atoms with E-state index in [0.717, 1.165) is 37.1 Å². The maximum absolute atomic E-state index is 6.28. The third-order valence-corrected chi connectivity index (χ3v) is 4.67. The van der Waals surface area contributed by atoms with Crippen LogP contribution < -0.4 is 11.1 Å². The fourth-order valence-corrected chi connectivity index (χ4v) is 3.69. The summed E-state index contributed by atoms with van der Waals surface area (Å²) in [7, 11) is 0. The van der Waals surface area contributed by atoms with Crippen molar-refractivity contribution in [2.45, 2.75) is 31.7 Å². The molecule has 0 aliphatic heterocycles. The second-order valence-electron chi connectivity index (χ2n) is 5.61. The second kappa shape index (κ2) is 4.83. The summed E-state index contributed by atoms with van der Waals surface area (Å²) in [4.78, 5) is 0. The molecule has 4 unspecified atom stereocenters. The number of nitrogens with one attached hydrogen (secondary N) is 1. The maximum Gasteiger partial charge on any atom is 0.105 e. The summed E-state index contributed by atoms with van der Waals surface area (Å²) in [5.41, 5.74) is 6.28. The van der Waals surface area contributed by atoms with E-state index in [0.29, 0.717) is 12.0 Å². The van der Waals surface area contributed by atoms with Gasteiger partial charge >= 0.3 is 0 Å². The van der Waals surface area contributed by atoms with Gasteiger partial charge in [0.1, 0.15) is 5.76 Å². The molecular weight excluding hydrogens is 212 g/mol. The predicted molar refractivity (Wildman–Crippen MR) is 67.6 cm³/mol. The van der Waals surface area contributed by atoms with Crippen LogP contribution in [0, 0.1) is 17.8 Å². The zero-order chi connectivity index (χ0) is 11.7. The molecule has 94 valence electrons. The zero-order valence-corrected chi connectivity index (χ0v) is 10.3. The number of hydrogen-bond acceptors (Lipinski definition) is 3. The molecule has 2 saturated carbocycles. The zero-order valence-electron chi connectivity index (χ0n) is 10.3. The third-order valence-electron chi connectivity index (χ3n) is 4.67. The summed E-state index contributed by atoms with van der Waals surface area (Å²) in [6.07, 6.45) is 6.87. The Balaban J connectivity index is 1.40. The Hall–Kier alpha value is -0.800. The minimum atomic E-state index is 0.449. The van der Waals surface area contributed by atoms with Crippen LogP contribution >= 0.6 is 0 Å². The molecule has 2 aliphatic carbocycles. The molecule has 3 N–H and O–H groups in total. The van der Waals surface area contributed by atoms with Crippen molar-refractivity contribution >= 4 is 0 Å². The summed E-state index contributed by atoms with van der Waals surface area (Å²) in [5, 5.41) is 3.54. The highest BCUT2D eigenvalue weighted by Gasteiger charge is 2.45. The van der Waals surface area contributed by atoms with Crippen LogP contribution in [-0.2, 0) is 6.42 Å². The number of furan rings is 1. The van der Waals surface area contributed by atoms with Crippen molar-refractivity contribution in [3.63, 3.8) is 0 Å². The monoisotopic (exact) mass is 234 g/mol. The highest BCUT2D eigenvalue weighted by atomic mass is 16.3. The molecule has 0 radical (unpaired) electrons. The van der Waals surface area contributed by atoms with Crippen molar-refractivity contribution in [1.29, 1.82) is 0 Å². The summed E-state index contributed by atoms with van der Waals surface area (Å²) in [5.74, 6) is 3.49. The van der Waals surface area contributed by atoms with Gasteiger partial charge < -0.3 is 15.5 Å². The number of fused-ring (bicyclic) bond motifs is 2. The molecule has 1 heterocycles. The molecule has 0 spiro atoms. The standard InChI is InChI=1S/C14H22N2O/c15-14-11-4-3-10(8-11)13(14)9-16-6-5-12-2-1-7-17-12/h1-2,7,10-11,13-14,16H,3-6,8-9,15H2. The highest BCUT2D eigenvalue weighted by Crippen LogP contribution is 2.47. The van der Waals surface area contributed by atoms with Gasteiger partial charge in [-0.1, -0.05) is 0 Å². The van der Waals surface area contributed by atoms with Gasteiger partial charge in [0, 0.05) is 19.0 Å². The van der Waals surface area contributed by atoms with Gasteiger partial charge in [-0.15, -0.1) is 0 Å². The van der Waals surface area contributed by atoms with E-state index >= 15 is 0 Å². The molecule has 0 saturated heterocycles. The van der Waals surface area contributed by atoms with Gasteiger partial charge in [0.2, 0.25) is 0 Å². The Kier molecular flexibility index (Phi) is 3.21. The third kappa shape index (κ3) is 2.26. The van der Waals surface area contributed by atoms with Crippen LogP contribution in [0.2, 0.25) is 0 Å². The maximum atomic E-state index is 6.28. The minimum absolute atomic E-state index is 0.449. The van der Waals surface area contributed by atoms with E-state index in [1.165, 1.54) is 19.3 Å². The molecule has 3 rings (SSSR count). The number of rotatable bonds is 5. The molecule has 0 aromatic carbocycles. The van der Waals surface area contributed by atoms with Gasteiger partial charge in [-0.25, -0.2) is 0 Å². The summed E-state index contributed by atoms with van der Waals surface area (Å²) < 4.78 is 5.31. The Morgan fingerprint density at radius 1 is 1.35 bits per heavy atom. The summed E-state index contributed by atoms with van der Waals surface area (Å²) >= 11 is 0. The Labute approximate surface area is 103 Å². The first-order valence-corrected chi connectivity index (χ1v) is 6.83. The fourth-order valence-electron chi connectivity index (χ4n) is 3.69. The van der Waals surface area contributed by atoms with E-state index in [9.17, 15) is 0 Å². The molecule has 2 bridgehead atoms. The van der Waals surface area contributed by atoms with Crippen LogP contribution in [0.4, 0.5) is 0 Å². The quantitative estimate of drug-likeness (QED) is 0.764. The molecule has 2 aliphatic rings. The Morgan fingerprint density at radius 2 is 2.24 bits per heavy atom. The van der Waals surface area contributed by atoms with E-state index in [-0.39, 0.29) is 0 Å². The van der Waals surface area contributed by atoms with E-state index in [4.69, 9.17) is 10.2 Å². The summed E-state index contributed by atoms with van der Waals surface area (Å²) in [6.45, 7) is 2.08. The highest BCUT2D eigenvalue weighted by molar-refractivity contribution is 5.00. The van der Waals surface area contributed by atoms with Crippen LogP contribution in [0.1, 0.15) is 25.0 Å². The Morgan fingerprint density at radius 3 is 2.94 bits per heavy atom. The molecule has 3 nitrogen and oxygen atoms in total. The van der Waals surface area contributed by atoms with Crippen LogP contribution in [0.5, 0.6) is 0 Å². The first kappa shape index (κ1) is 11.3. The fraction of sp³-hybridized carbons (Fsp3) is 0.714. The average molecular weight is 234 g/mol. The first-order chi connectivity index (χ1) is 8.34. The molecular formula is C14H22N2O. The van der Waals surface area contributed by atoms with Crippen molar-refractivity contribution in [3.05, 3.63) is 24.2 Å². The SMILES string of the molecule is NC1C2CCC(C2)C1CNCCc1ccco1. The van der Waals surface area contributed by atoms with E-state index in [1.54, 1.807) is 6.26 Å². The lowest BCUT2D eigenvalue weighted by atomic mass is 9.85.